The molecule has 0 aromatic rings. The minimum atomic E-state index is -1.27. The van der Waals surface area contributed by atoms with E-state index in [0.717, 1.165) is 18.4 Å². The number of allylic oxidation sites excluding steroid dienone is 5. The lowest BCUT2D eigenvalue weighted by Crippen LogP contribution is -2.20. The van der Waals surface area contributed by atoms with Crippen LogP contribution in [0.5, 0.6) is 0 Å². The Morgan fingerprint density at radius 3 is 2.29 bits per heavy atom. The number of carbonyl (C=O) groups is 2. The van der Waals surface area contributed by atoms with Gasteiger partial charge in [-0.05, 0) is 53.0 Å². The van der Waals surface area contributed by atoms with E-state index in [1.165, 1.54) is 11.6 Å². The van der Waals surface area contributed by atoms with E-state index in [-0.39, 0.29) is 11.7 Å². The maximum Gasteiger partial charge on any atom is 0.345 e. The summed E-state index contributed by atoms with van der Waals surface area (Å²) >= 11 is 0. The van der Waals surface area contributed by atoms with Crippen LogP contribution < -0.4 is 0 Å². The van der Waals surface area contributed by atoms with E-state index in [2.05, 4.69) is 6.08 Å². The van der Waals surface area contributed by atoms with Gasteiger partial charge in [-0.2, -0.15) is 0 Å². The van der Waals surface area contributed by atoms with Crippen LogP contribution in [0.3, 0.4) is 0 Å². The smallest absolute Gasteiger partial charge is 0.345 e. The highest BCUT2D eigenvalue weighted by atomic mass is 16.5. The molecule has 0 heterocycles. The zero-order valence-corrected chi connectivity index (χ0v) is 13.6. The maximum absolute atomic E-state index is 11.8. The third-order valence-corrected chi connectivity index (χ3v) is 2.96. The van der Waals surface area contributed by atoms with Gasteiger partial charge < -0.3 is 9.84 Å². The Morgan fingerprint density at radius 1 is 1.19 bits per heavy atom. The third-order valence-electron chi connectivity index (χ3n) is 2.96. The summed E-state index contributed by atoms with van der Waals surface area (Å²) in [5, 5.41) is 9.08. The van der Waals surface area contributed by atoms with E-state index in [0.29, 0.717) is 6.42 Å². The summed E-state index contributed by atoms with van der Waals surface area (Å²) in [4.78, 5) is 22.9. The van der Waals surface area contributed by atoms with Gasteiger partial charge in [0, 0.05) is 0 Å². The third kappa shape index (κ3) is 8.84. The molecule has 118 valence electrons. The second-order valence-electron chi connectivity index (χ2n) is 5.34. The van der Waals surface area contributed by atoms with Crippen LogP contribution in [-0.2, 0) is 14.3 Å². The minimum absolute atomic E-state index is 0.289. The van der Waals surface area contributed by atoms with Gasteiger partial charge in [0.15, 0.2) is 0 Å². The molecule has 0 rings (SSSR count). The Morgan fingerprint density at radius 2 is 1.81 bits per heavy atom. The summed E-state index contributed by atoms with van der Waals surface area (Å²) in [6.45, 7) is 9.58. The van der Waals surface area contributed by atoms with Gasteiger partial charge in [-0.1, -0.05) is 30.2 Å². The highest BCUT2D eigenvalue weighted by molar-refractivity contribution is 6.13. The first-order valence-electron chi connectivity index (χ1n) is 7.23. The van der Waals surface area contributed by atoms with Crippen LogP contribution in [-0.4, -0.2) is 23.1 Å². The molecule has 0 radical (unpaired) electrons. The topological polar surface area (TPSA) is 63.6 Å². The number of carboxylic acid groups (broad SMARTS) is 1. The Balaban J connectivity index is 4.83. The van der Waals surface area contributed by atoms with Crippen molar-refractivity contribution in [3.63, 3.8) is 0 Å². The highest BCUT2D eigenvalue weighted by Gasteiger charge is 2.19. The van der Waals surface area contributed by atoms with E-state index in [4.69, 9.17) is 9.84 Å². The molecule has 21 heavy (non-hydrogen) atoms. The van der Waals surface area contributed by atoms with E-state index in [1.54, 1.807) is 13.0 Å². The lowest BCUT2D eigenvalue weighted by molar-refractivity contribution is -0.147. The molecule has 4 nitrogen and oxygen atoms in total. The molecule has 0 aromatic heterocycles. The lowest BCUT2D eigenvalue weighted by Gasteiger charge is -2.10. The molecule has 1 atom stereocenters. The van der Waals surface area contributed by atoms with Crippen LogP contribution in [0.25, 0.3) is 0 Å². The maximum atomic E-state index is 11.8. The number of hydrogen-bond acceptors (Lipinski definition) is 3. The van der Waals surface area contributed by atoms with Gasteiger partial charge in [0.25, 0.3) is 0 Å². The quantitative estimate of drug-likeness (QED) is 0.183. The van der Waals surface area contributed by atoms with Crippen LogP contribution in [0, 0.1) is 0 Å². The molecular formula is C17H26O4. The number of rotatable bonds is 8. The van der Waals surface area contributed by atoms with Gasteiger partial charge in [-0.15, -0.1) is 0 Å². The molecule has 4 heteroatoms. The van der Waals surface area contributed by atoms with Gasteiger partial charge >= 0.3 is 11.9 Å². The van der Waals surface area contributed by atoms with Crippen molar-refractivity contribution in [1.29, 1.82) is 0 Å². The van der Waals surface area contributed by atoms with Gasteiger partial charge in [-0.3, -0.25) is 0 Å². The second kappa shape index (κ2) is 9.97. The van der Waals surface area contributed by atoms with Gasteiger partial charge in [0.2, 0.25) is 0 Å². The number of carboxylic acids is 1. The molecule has 1 unspecified atom stereocenters. The molecule has 0 bridgehead atoms. The fourth-order valence-electron chi connectivity index (χ4n) is 1.45. The normalized spacial score (nSPS) is 13.6. The average Bonchev–Trinajstić information content (AvgIpc) is 2.37. The Kier molecular flexibility index (Phi) is 9.10. The predicted molar refractivity (Wildman–Crippen MR) is 84.0 cm³/mol. The molecule has 0 aromatic carbocycles. The van der Waals surface area contributed by atoms with Crippen molar-refractivity contribution >= 4 is 11.9 Å². The Hall–Kier alpha value is -1.84. The van der Waals surface area contributed by atoms with Gasteiger partial charge in [0.05, 0.1) is 6.10 Å². The predicted octanol–water partition coefficient (Wildman–Crippen LogP) is 4.03. The SMILES string of the molecule is CCC(C)OC(=O)C(=CC=C(C)CCC=C(C)C)C(=O)O. The summed E-state index contributed by atoms with van der Waals surface area (Å²) in [5.41, 5.74) is 1.93. The largest absolute Gasteiger partial charge is 0.477 e. The molecule has 0 spiro atoms. The Bertz CT molecular complexity index is 451. The number of ether oxygens (including phenoxy) is 1. The van der Waals surface area contributed by atoms with Crippen molar-refractivity contribution in [2.24, 2.45) is 0 Å². The Labute approximate surface area is 127 Å². The van der Waals surface area contributed by atoms with Crippen molar-refractivity contribution in [1.82, 2.24) is 0 Å². The van der Waals surface area contributed by atoms with Crippen molar-refractivity contribution in [3.05, 3.63) is 34.9 Å². The molecular weight excluding hydrogens is 268 g/mol. The first-order chi connectivity index (χ1) is 9.77. The summed E-state index contributed by atoms with van der Waals surface area (Å²) in [6.07, 6.45) is 7.20. The molecule has 0 saturated heterocycles. The zero-order chi connectivity index (χ0) is 16.4. The van der Waals surface area contributed by atoms with Crippen molar-refractivity contribution in [2.45, 2.75) is 60.0 Å². The molecule has 1 N–H and O–H groups in total. The fourth-order valence-corrected chi connectivity index (χ4v) is 1.45. The van der Waals surface area contributed by atoms with Gasteiger partial charge in [0.1, 0.15) is 5.57 Å². The van der Waals surface area contributed by atoms with E-state index in [9.17, 15) is 9.59 Å². The fraction of sp³-hybridized carbons (Fsp3) is 0.529. The van der Waals surface area contributed by atoms with E-state index in [1.807, 2.05) is 27.7 Å². The first-order valence-corrected chi connectivity index (χ1v) is 7.23. The van der Waals surface area contributed by atoms with Crippen molar-refractivity contribution in [2.75, 3.05) is 0 Å². The molecule has 0 amide bonds. The van der Waals surface area contributed by atoms with Crippen LogP contribution in [0.1, 0.15) is 53.9 Å². The number of aliphatic carboxylic acids is 1. The van der Waals surface area contributed by atoms with E-state index < -0.39 is 11.9 Å². The monoisotopic (exact) mass is 294 g/mol. The lowest BCUT2D eigenvalue weighted by atomic mass is 10.1. The van der Waals surface area contributed by atoms with Crippen LogP contribution in [0.15, 0.2) is 34.9 Å². The van der Waals surface area contributed by atoms with Crippen LogP contribution in [0.2, 0.25) is 0 Å². The summed E-state index contributed by atoms with van der Waals surface area (Å²) < 4.78 is 5.04. The molecule has 0 aliphatic rings. The van der Waals surface area contributed by atoms with E-state index >= 15 is 0 Å². The van der Waals surface area contributed by atoms with Gasteiger partial charge in [-0.25, -0.2) is 9.59 Å². The first kappa shape index (κ1) is 19.2. The average molecular weight is 294 g/mol. The number of esters is 1. The zero-order valence-electron chi connectivity index (χ0n) is 13.6. The molecule has 0 aliphatic carbocycles. The standard InChI is InChI=1S/C17H26O4/c1-6-14(5)21-17(20)15(16(18)19)11-10-13(4)9-7-8-12(2)3/h8,10-11,14H,6-7,9H2,1-5H3,(H,18,19). The summed E-state index contributed by atoms with van der Waals surface area (Å²) in [5.74, 6) is -2.05. The number of hydrogen-bond donors (Lipinski definition) is 1. The van der Waals surface area contributed by atoms with Crippen molar-refractivity contribution in [3.8, 4) is 0 Å². The van der Waals surface area contributed by atoms with Crippen LogP contribution in [0.4, 0.5) is 0 Å². The summed E-state index contributed by atoms with van der Waals surface area (Å²) in [6, 6.07) is 0. The second-order valence-corrected chi connectivity index (χ2v) is 5.34. The summed E-state index contributed by atoms with van der Waals surface area (Å²) in [7, 11) is 0. The molecule has 0 aliphatic heterocycles. The highest BCUT2D eigenvalue weighted by Crippen LogP contribution is 2.09. The minimum Gasteiger partial charge on any atom is -0.477 e. The van der Waals surface area contributed by atoms with Crippen molar-refractivity contribution < 1.29 is 19.4 Å². The molecule has 0 fully saturated rings. The number of carbonyl (C=O) groups excluding carboxylic acids is 1. The van der Waals surface area contributed by atoms with Crippen LogP contribution >= 0.6 is 0 Å². The molecule has 0 saturated carbocycles.